The Bertz CT molecular complexity index is 881. The van der Waals surface area contributed by atoms with Gasteiger partial charge in [0, 0.05) is 38.4 Å². The lowest BCUT2D eigenvalue weighted by atomic mass is 9.85. The number of piperidine rings is 1. The first-order valence-corrected chi connectivity index (χ1v) is 12.4. The lowest BCUT2D eigenvalue weighted by Gasteiger charge is -2.27. The Balaban J connectivity index is 2.17. The summed E-state index contributed by atoms with van der Waals surface area (Å²) in [5.74, 6) is -3.46. The fraction of sp³-hybridized carbons (Fsp3) is 0.630. The van der Waals surface area contributed by atoms with Gasteiger partial charge in [0.15, 0.2) is 0 Å². The number of halogens is 1. The van der Waals surface area contributed by atoms with Crippen LogP contribution in [0.5, 0.6) is 0 Å². The highest BCUT2D eigenvalue weighted by atomic mass is 19.1. The van der Waals surface area contributed by atoms with Crippen molar-refractivity contribution in [3.8, 4) is 0 Å². The highest BCUT2D eigenvalue weighted by Gasteiger charge is 2.33. The van der Waals surface area contributed by atoms with E-state index in [4.69, 9.17) is 9.47 Å². The van der Waals surface area contributed by atoms with Crippen molar-refractivity contribution < 1.29 is 38.1 Å². The summed E-state index contributed by atoms with van der Waals surface area (Å²) in [6.07, 6.45) is 5.31. The third-order valence-electron chi connectivity index (χ3n) is 6.62. The topological polar surface area (TPSA) is 119 Å². The first-order valence-electron chi connectivity index (χ1n) is 12.4. The number of imide groups is 1. The van der Waals surface area contributed by atoms with Gasteiger partial charge in [0.25, 0.3) is 0 Å². The zero-order chi connectivity index (χ0) is 26.8. The molecule has 2 aliphatic heterocycles. The van der Waals surface area contributed by atoms with Gasteiger partial charge in [-0.2, -0.15) is 0 Å². The van der Waals surface area contributed by atoms with E-state index in [1.807, 2.05) is 6.08 Å². The van der Waals surface area contributed by atoms with Gasteiger partial charge in [0.05, 0.1) is 12.0 Å². The maximum Gasteiger partial charge on any atom is 0.331 e. The molecule has 2 rings (SSSR count). The summed E-state index contributed by atoms with van der Waals surface area (Å²) in [7, 11) is 1.44. The van der Waals surface area contributed by atoms with Gasteiger partial charge in [-0.05, 0) is 37.7 Å². The van der Waals surface area contributed by atoms with Crippen LogP contribution in [0.2, 0.25) is 0 Å². The van der Waals surface area contributed by atoms with Crippen molar-refractivity contribution in [1.82, 2.24) is 5.32 Å². The van der Waals surface area contributed by atoms with Crippen LogP contribution in [-0.4, -0.2) is 60.3 Å². The highest BCUT2D eigenvalue weighted by molar-refractivity contribution is 5.97. The van der Waals surface area contributed by atoms with E-state index in [2.05, 4.69) is 5.32 Å². The third kappa shape index (κ3) is 9.09. The number of rotatable bonds is 7. The minimum Gasteiger partial charge on any atom is -0.454 e. The first kappa shape index (κ1) is 29.6. The van der Waals surface area contributed by atoms with Gasteiger partial charge in [0.1, 0.15) is 24.2 Å². The fourth-order valence-corrected chi connectivity index (χ4v) is 4.65. The number of amides is 2. The van der Waals surface area contributed by atoms with E-state index in [1.54, 1.807) is 39.0 Å². The van der Waals surface area contributed by atoms with Crippen molar-refractivity contribution in [2.45, 2.75) is 83.8 Å². The summed E-state index contributed by atoms with van der Waals surface area (Å²) < 4.78 is 26.0. The van der Waals surface area contributed by atoms with Gasteiger partial charge in [-0.25, -0.2) is 9.18 Å². The van der Waals surface area contributed by atoms with Crippen LogP contribution < -0.4 is 5.32 Å². The average molecular weight is 508 g/mol. The van der Waals surface area contributed by atoms with Crippen molar-refractivity contribution in [3.05, 3.63) is 36.0 Å². The number of allylic oxidation sites excluding steroid dienone is 3. The van der Waals surface area contributed by atoms with Crippen LogP contribution in [0.25, 0.3) is 0 Å². The van der Waals surface area contributed by atoms with E-state index in [1.165, 1.54) is 13.2 Å². The molecule has 1 saturated heterocycles. The number of aliphatic hydroxyl groups excluding tert-OH is 1. The molecule has 2 heterocycles. The average Bonchev–Trinajstić information content (AvgIpc) is 2.79. The smallest absolute Gasteiger partial charge is 0.331 e. The minimum absolute atomic E-state index is 0.112. The molecule has 6 atom stereocenters. The monoisotopic (exact) mass is 507 g/mol. The number of hydrogen-bond acceptors (Lipinski definition) is 7. The summed E-state index contributed by atoms with van der Waals surface area (Å²) in [4.78, 5) is 48.7. The van der Waals surface area contributed by atoms with Gasteiger partial charge < -0.3 is 14.6 Å². The second kappa shape index (κ2) is 14.2. The van der Waals surface area contributed by atoms with E-state index in [9.17, 15) is 24.3 Å². The molecule has 2 amide bonds. The van der Waals surface area contributed by atoms with Crippen molar-refractivity contribution in [2.75, 3.05) is 7.11 Å². The SMILES string of the molecule is CO[C@H]1C=CCCC=CC(=O)OC([C@H](C)C(=O)C[C@H](O)CC2CC(=O)NC(=O)C2)C(C)=C[C@@H](C)[C@H]1F. The van der Waals surface area contributed by atoms with Gasteiger partial charge in [-0.3, -0.25) is 19.7 Å². The number of ketones is 1. The Morgan fingerprint density at radius 1 is 1.22 bits per heavy atom. The number of Topliss-reactive ketones (excluding diaryl/α,β-unsaturated/α-hetero) is 1. The Morgan fingerprint density at radius 3 is 2.50 bits per heavy atom. The summed E-state index contributed by atoms with van der Waals surface area (Å²) in [5, 5.41) is 12.7. The molecule has 36 heavy (non-hydrogen) atoms. The Hall–Kier alpha value is -2.65. The summed E-state index contributed by atoms with van der Waals surface area (Å²) in [6, 6.07) is 0. The Kier molecular flexibility index (Phi) is 11.7. The molecule has 0 aromatic carbocycles. The van der Waals surface area contributed by atoms with E-state index in [-0.39, 0.29) is 37.4 Å². The molecule has 0 saturated carbocycles. The molecular formula is C27H38FNO7. The quantitative estimate of drug-likeness (QED) is 0.309. The predicted octanol–water partition coefficient (Wildman–Crippen LogP) is 3.14. The van der Waals surface area contributed by atoms with Gasteiger partial charge >= 0.3 is 5.97 Å². The molecule has 9 heteroatoms. The number of nitrogens with one attached hydrogen (secondary N) is 1. The maximum absolute atomic E-state index is 15.1. The number of ether oxygens (including phenoxy) is 2. The Labute approximate surface area is 212 Å². The van der Waals surface area contributed by atoms with Crippen LogP contribution in [0.15, 0.2) is 36.0 Å². The zero-order valence-corrected chi connectivity index (χ0v) is 21.4. The molecule has 0 spiro atoms. The number of carbonyl (C=O) groups excluding carboxylic acids is 4. The van der Waals surface area contributed by atoms with Crippen LogP contribution in [0.3, 0.4) is 0 Å². The van der Waals surface area contributed by atoms with Crippen molar-refractivity contribution in [1.29, 1.82) is 0 Å². The number of esters is 1. The van der Waals surface area contributed by atoms with Gasteiger partial charge in [-0.15, -0.1) is 0 Å². The van der Waals surface area contributed by atoms with Crippen LogP contribution in [0, 0.1) is 17.8 Å². The Morgan fingerprint density at radius 2 is 1.86 bits per heavy atom. The first-order chi connectivity index (χ1) is 17.0. The number of cyclic esters (lactones) is 1. The molecule has 200 valence electrons. The molecular weight excluding hydrogens is 469 g/mol. The standard InChI is InChI=1S/C27H38FNO7/c1-16-11-17(2)27(36-25(34)10-8-6-5-7-9-22(35-4)26(16)28)18(3)21(31)15-20(30)12-19-13-23(32)29-24(33)14-19/h7-11,16,18-20,22,26-27,30H,5-6,12-15H2,1-4H3,(H,29,32,33)/t16-,18-,20-,22+,26-,27?/m1/s1. The summed E-state index contributed by atoms with van der Waals surface area (Å²) in [5.41, 5.74) is 0.521. The largest absolute Gasteiger partial charge is 0.454 e. The number of aliphatic hydroxyl groups is 1. The second-order valence-corrected chi connectivity index (χ2v) is 9.77. The number of methoxy groups -OCH3 is 1. The summed E-state index contributed by atoms with van der Waals surface area (Å²) >= 11 is 0. The minimum atomic E-state index is -1.35. The third-order valence-corrected chi connectivity index (χ3v) is 6.62. The number of carbonyl (C=O) groups is 4. The van der Waals surface area contributed by atoms with E-state index >= 15 is 4.39 Å². The number of alkyl halides is 1. The van der Waals surface area contributed by atoms with Crippen molar-refractivity contribution >= 4 is 23.6 Å². The predicted molar refractivity (Wildman–Crippen MR) is 131 cm³/mol. The molecule has 0 bridgehead atoms. The van der Waals surface area contributed by atoms with E-state index in [0.29, 0.717) is 18.4 Å². The molecule has 1 fully saturated rings. The highest BCUT2D eigenvalue weighted by Crippen LogP contribution is 2.26. The molecule has 8 nitrogen and oxygen atoms in total. The lowest BCUT2D eigenvalue weighted by molar-refractivity contribution is -0.145. The number of hydrogen-bond donors (Lipinski definition) is 2. The van der Waals surface area contributed by atoms with Crippen LogP contribution in [0.4, 0.5) is 4.39 Å². The molecule has 2 N–H and O–H groups in total. The van der Waals surface area contributed by atoms with E-state index in [0.717, 1.165) is 0 Å². The molecule has 0 radical (unpaired) electrons. The van der Waals surface area contributed by atoms with Gasteiger partial charge in [-0.1, -0.05) is 38.2 Å². The van der Waals surface area contributed by atoms with Gasteiger partial charge in [0.2, 0.25) is 11.8 Å². The maximum atomic E-state index is 15.1. The zero-order valence-electron chi connectivity index (χ0n) is 21.4. The van der Waals surface area contributed by atoms with Crippen LogP contribution in [0.1, 0.15) is 59.3 Å². The normalized spacial score (nSPS) is 28.5. The van der Waals surface area contributed by atoms with Crippen molar-refractivity contribution in [3.63, 3.8) is 0 Å². The van der Waals surface area contributed by atoms with Crippen LogP contribution in [-0.2, 0) is 28.7 Å². The molecule has 0 aromatic heterocycles. The molecule has 1 unspecified atom stereocenters. The lowest BCUT2D eigenvalue weighted by Crippen LogP contribution is -2.40. The molecule has 0 aliphatic carbocycles. The molecule has 0 aromatic rings. The molecule has 2 aliphatic rings. The van der Waals surface area contributed by atoms with Crippen molar-refractivity contribution in [2.24, 2.45) is 17.8 Å². The fourth-order valence-electron chi connectivity index (χ4n) is 4.65. The van der Waals surface area contributed by atoms with Crippen LogP contribution >= 0.6 is 0 Å². The second-order valence-electron chi connectivity index (χ2n) is 9.77. The van der Waals surface area contributed by atoms with E-state index < -0.39 is 54.1 Å². The summed E-state index contributed by atoms with van der Waals surface area (Å²) in [6.45, 7) is 4.98.